The first-order valence-corrected chi connectivity index (χ1v) is 22.6. The number of anilines is 1. The summed E-state index contributed by atoms with van der Waals surface area (Å²) in [4.78, 5) is 31.0. The van der Waals surface area contributed by atoms with Crippen LogP contribution in [0.5, 0.6) is 11.5 Å². The summed E-state index contributed by atoms with van der Waals surface area (Å²) >= 11 is 0. The highest BCUT2D eigenvalue weighted by Gasteiger charge is 2.60. The Balaban J connectivity index is 1.48. The summed E-state index contributed by atoms with van der Waals surface area (Å²) in [5.41, 5.74) is -0.601. The number of hydrogen-bond donors (Lipinski definition) is 3. The lowest BCUT2D eigenvalue weighted by Crippen LogP contribution is -2.72. The maximum Gasteiger partial charge on any atom is 0.351 e. The second kappa shape index (κ2) is 18.4. The average Bonchev–Trinajstić information content (AvgIpc) is 3.25. The minimum absolute atomic E-state index is 0.0566. The van der Waals surface area contributed by atoms with Crippen LogP contribution in [0.2, 0.25) is 16.6 Å². The number of carbonyl (C=O) groups excluding carboxylic acids is 1. The van der Waals surface area contributed by atoms with Crippen LogP contribution in [-0.2, 0) is 15.1 Å². The van der Waals surface area contributed by atoms with E-state index in [1.807, 2.05) is 84.9 Å². The number of rotatable bonds is 16. The smallest absolute Gasteiger partial charge is 0.351 e. The third-order valence-electron chi connectivity index (χ3n) is 12.2. The second-order valence-electron chi connectivity index (χ2n) is 16.3. The van der Waals surface area contributed by atoms with Gasteiger partial charge < -0.3 is 34.7 Å². The Hall–Kier alpha value is -5.11. The van der Waals surface area contributed by atoms with E-state index >= 15 is 0 Å². The van der Waals surface area contributed by atoms with Gasteiger partial charge in [0, 0.05) is 24.8 Å². The minimum atomic E-state index is -2.73. The normalized spacial score (nSPS) is 17.9. The lowest BCUT2D eigenvalue weighted by molar-refractivity contribution is -0.216. The molecule has 1 unspecified atom stereocenters. The van der Waals surface area contributed by atoms with Gasteiger partial charge in [-0.3, -0.25) is 9.36 Å². The van der Waals surface area contributed by atoms with Crippen molar-refractivity contribution in [3.05, 3.63) is 154 Å². The van der Waals surface area contributed by atoms with Crippen molar-refractivity contribution >= 4 is 19.8 Å². The standard InChI is InChI=1S/C47H58N4O7Si/c1-32(2)59(33(3)4,34(5)6)44(53)46(30-48-29-42(58-46)51-28-27-41(50-45(51)54)49-43(52)35-15-11-9-12-16-35)31-57-47(36-17-13-10-14-18-36,37-19-23-39(55-7)24-20-37)38-21-25-40(56-8)26-22-38/h9-28,32-34,42,44,48,53H,29-31H2,1-8H3,(H,49,50,52,54)/t42-,44?,46+/m1/s1. The number of methoxy groups -OCH3 is 2. The molecule has 1 aliphatic rings. The number of carbonyl (C=O) groups is 1. The van der Waals surface area contributed by atoms with Gasteiger partial charge in [0.25, 0.3) is 5.91 Å². The van der Waals surface area contributed by atoms with Crippen LogP contribution >= 0.6 is 0 Å². The fourth-order valence-electron chi connectivity index (χ4n) is 9.43. The fourth-order valence-corrected chi connectivity index (χ4v) is 16.5. The first kappa shape index (κ1) is 43.5. The van der Waals surface area contributed by atoms with Gasteiger partial charge in [0.15, 0.2) is 6.23 Å². The van der Waals surface area contributed by atoms with Crippen molar-refractivity contribution < 1.29 is 28.8 Å². The summed E-state index contributed by atoms with van der Waals surface area (Å²) in [6, 6.07) is 36.0. The van der Waals surface area contributed by atoms with Crippen LogP contribution in [0.3, 0.4) is 0 Å². The number of morpholine rings is 1. The van der Waals surface area contributed by atoms with Gasteiger partial charge in [-0.05, 0) is 75.8 Å². The van der Waals surface area contributed by atoms with Crippen molar-refractivity contribution in [2.75, 3.05) is 39.2 Å². The molecule has 312 valence electrons. The number of hydrogen-bond acceptors (Lipinski definition) is 9. The van der Waals surface area contributed by atoms with E-state index in [9.17, 15) is 14.7 Å². The number of benzene rings is 4. The zero-order valence-electron chi connectivity index (χ0n) is 35.3. The monoisotopic (exact) mass is 818 g/mol. The van der Waals surface area contributed by atoms with Crippen molar-refractivity contribution in [1.82, 2.24) is 14.9 Å². The van der Waals surface area contributed by atoms with Gasteiger partial charge in [-0.2, -0.15) is 4.98 Å². The number of aromatic nitrogens is 2. The van der Waals surface area contributed by atoms with Crippen molar-refractivity contribution in [2.45, 2.75) is 81.3 Å². The van der Waals surface area contributed by atoms with E-state index in [0.29, 0.717) is 17.1 Å². The molecule has 1 fully saturated rings. The van der Waals surface area contributed by atoms with Gasteiger partial charge in [-0.25, -0.2) is 4.79 Å². The topological polar surface area (TPSA) is 133 Å². The summed E-state index contributed by atoms with van der Waals surface area (Å²) in [5.74, 6) is 1.15. The zero-order chi connectivity index (χ0) is 42.4. The molecule has 1 aliphatic heterocycles. The molecule has 1 aromatic heterocycles. The molecule has 3 atom stereocenters. The number of nitrogens with zero attached hydrogens (tertiary/aromatic N) is 2. The molecule has 12 heteroatoms. The molecule has 6 rings (SSSR count). The second-order valence-corrected chi connectivity index (χ2v) is 22.3. The Labute approximate surface area is 348 Å². The predicted molar refractivity (Wildman–Crippen MR) is 234 cm³/mol. The fraction of sp³-hybridized carbons (Fsp3) is 0.383. The van der Waals surface area contributed by atoms with Crippen molar-refractivity contribution in [2.24, 2.45) is 0 Å². The van der Waals surface area contributed by atoms with Crippen LogP contribution < -0.4 is 25.8 Å². The van der Waals surface area contributed by atoms with Gasteiger partial charge in [0.05, 0.1) is 34.6 Å². The molecule has 4 aromatic carbocycles. The molecule has 0 radical (unpaired) electrons. The van der Waals surface area contributed by atoms with E-state index in [0.717, 1.165) is 16.7 Å². The number of aliphatic hydroxyl groups is 1. The Bertz CT molecular complexity index is 2130. The first-order chi connectivity index (χ1) is 28.3. The molecule has 1 saturated heterocycles. The van der Waals surface area contributed by atoms with E-state index in [1.54, 1.807) is 50.7 Å². The van der Waals surface area contributed by atoms with Crippen LogP contribution in [0.1, 0.15) is 74.8 Å². The Morgan fingerprint density at radius 2 is 1.34 bits per heavy atom. The van der Waals surface area contributed by atoms with Gasteiger partial charge in [0.2, 0.25) is 0 Å². The van der Waals surface area contributed by atoms with Crippen LogP contribution in [-0.4, -0.2) is 73.9 Å². The highest BCUT2D eigenvalue weighted by Crippen LogP contribution is 2.50. The molecular formula is C47H58N4O7Si. The highest BCUT2D eigenvalue weighted by molar-refractivity contribution is 6.84. The molecule has 1 amide bonds. The maximum atomic E-state index is 13.8. The summed E-state index contributed by atoms with van der Waals surface area (Å²) in [6.07, 6.45) is 0.708. The van der Waals surface area contributed by atoms with Gasteiger partial charge in [0.1, 0.15) is 28.5 Å². The zero-order valence-corrected chi connectivity index (χ0v) is 36.3. The molecule has 0 bridgehead atoms. The van der Waals surface area contributed by atoms with Gasteiger partial charge in [-0.15, -0.1) is 0 Å². The van der Waals surface area contributed by atoms with Gasteiger partial charge in [-0.1, -0.05) is 114 Å². The van der Waals surface area contributed by atoms with Crippen LogP contribution in [0.15, 0.2) is 126 Å². The van der Waals surface area contributed by atoms with E-state index in [2.05, 4.69) is 57.2 Å². The summed E-state index contributed by atoms with van der Waals surface area (Å²) < 4.78 is 27.3. The van der Waals surface area contributed by atoms with Crippen molar-refractivity contribution in [3.8, 4) is 11.5 Å². The lowest BCUT2D eigenvalue weighted by Gasteiger charge is -2.55. The molecule has 2 heterocycles. The third kappa shape index (κ3) is 8.51. The molecule has 0 aliphatic carbocycles. The van der Waals surface area contributed by atoms with Crippen LogP contribution in [0, 0.1) is 0 Å². The maximum absolute atomic E-state index is 13.8. The summed E-state index contributed by atoms with van der Waals surface area (Å²) in [7, 11) is 0.547. The Kier molecular flexibility index (Phi) is 13.6. The third-order valence-corrected chi connectivity index (χ3v) is 19.7. The van der Waals surface area contributed by atoms with Crippen molar-refractivity contribution in [1.29, 1.82) is 0 Å². The Morgan fingerprint density at radius 3 is 1.83 bits per heavy atom. The van der Waals surface area contributed by atoms with E-state index in [1.165, 1.54) is 4.57 Å². The number of nitrogens with one attached hydrogen (secondary N) is 2. The predicted octanol–water partition coefficient (Wildman–Crippen LogP) is 7.96. The molecule has 0 saturated carbocycles. The van der Waals surface area contributed by atoms with Crippen LogP contribution in [0.25, 0.3) is 0 Å². The number of aliphatic hydroxyl groups excluding tert-OH is 1. The van der Waals surface area contributed by atoms with E-state index in [-0.39, 0.29) is 48.0 Å². The van der Waals surface area contributed by atoms with Crippen molar-refractivity contribution in [3.63, 3.8) is 0 Å². The number of amides is 1. The number of ether oxygens (including phenoxy) is 4. The average molecular weight is 819 g/mol. The molecule has 0 spiro atoms. The quantitative estimate of drug-likeness (QED) is 0.0670. The highest BCUT2D eigenvalue weighted by atomic mass is 28.3. The van der Waals surface area contributed by atoms with E-state index < -0.39 is 36.9 Å². The SMILES string of the molecule is COc1ccc(C(OC[C@]2(C(O)[Si](C(C)C)(C(C)C)C(C)C)CNC[C@H](n3ccc(NC(=O)c4ccccc4)nc3=O)O2)(c2ccccc2)c2ccc(OC)cc2)cc1. The largest absolute Gasteiger partial charge is 0.497 e. The lowest BCUT2D eigenvalue weighted by atomic mass is 9.79. The van der Waals surface area contributed by atoms with Gasteiger partial charge >= 0.3 is 5.69 Å². The molecule has 59 heavy (non-hydrogen) atoms. The van der Waals surface area contributed by atoms with E-state index in [4.69, 9.17) is 18.9 Å². The molecular weight excluding hydrogens is 761 g/mol. The van der Waals surface area contributed by atoms with Crippen LogP contribution in [0.4, 0.5) is 5.82 Å². The first-order valence-electron chi connectivity index (χ1n) is 20.3. The summed E-state index contributed by atoms with van der Waals surface area (Å²) in [6.45, 7) is 13.7. The molecule has 3 N–H and O–H groups in total. The Morgan fingerprint density at radius 1 is 0.831 bits per heavy atom. The minimum Gasteiger partial charge on any atom is -0.497 e. The molecule has 5 aromatic rings. The summed E-state index contributed by atoms with van der Waals surface area (Å²) in [5, 5.41) is 19.6. The molecule has 11 nitrogen and oxygen atoms in total.